The Hall–Kier alpha value is -0.890. The van der Waals surface area contributed by atoms with Crippen molar-refractivity contribution in [3.05, 3.63) is 35.6 Å². The van der Waals surface area contributed by atoms with E-state index in [0.717, 1.165) is 13.0 Å². The minimum absolute atomic E-state index is 0.157. The Labute approximate surface area is 104 Å². The number of nitrogens with one attached hydrogen (secondary N) is 1. The van der Waals surface area contributed by atoms with Gasteiger partial charge in [0, 0.05) is 6.04 Å². The molecule has 1 nitrogen and oxygen atoms in total. The van der Waals surface area contributed by atoms with Crippen molar-refractivity contribution in [3.63, 3.8) is 0 Å². The third-order valence-electron chi connectivity index (χ3n) is 3.27. The normalized spacial score (nSPS) is 14.6. The Bertz CT molecular complexity index is 307. The van der Waals surface area contributed by atoms with E-state index in [2.05, 4.69) is 26.1 Å². The second-order valence-electron chi connectivity index (χ2n) is 4.76. The molecule has 0 aliphatic carbocycles. The van der Waals surface area contributed by atoms with Crippen LogP contribution in [0.2, 0.25) is 0 Å². The largest absolute Gasteiger partial charge is 0.314 e. The van der Waals surface area contributed by atoms with Crippen molar-refractivity contribution < 1.29 is 4.39 Å². The van der Waals surface area contributed by atoms with Crippen LogP contribution in [0.1, 0.15) is 39.2 Å². The summed E-state index contributed by atoms with van der Waals surface area (Å²) < 4.78 is 12.8. The Kier molecular flexibility index (Phi) is 6.20. The number of hydrogen-bond donors (Lipinski definition) is 1. The van der Waals surface area contributed by atoms with Gasteiger partial charge in [-0.05, 0) is 43.0 Å². The van der Waals surface area contributed by atoms with E-state index < -0.39 is 0 Å². The minimum atomic E-state index is -0.157. The standard InChI is InChI=1S/C15H24FN/c1-4-6-12(3)15(17-5-2)11-13-7-9-14(16)10-8-13/h7-10,12,15,17H,4-6,11H2,1-3H3. The van der Waals surface area contributed by atoms with E-state index in [4.69, 9.17) is 0 Å². The highest BCUT2D eigenvalue weighted by molar-refractivity contribution is 5.17. The lowest BCUT2D eigenvalue weighted by atomic mass is 9.91. The molecule has 1 aromatic rings. The number of likely N-dealkylation sites (N-methyl/N-ethyl adjacent to an activating group) is 1. The second kappa shape index (κ2) is 7.44. The zero-order valence-electron chi connectivity index (χ0n) is 11.2. The van der Waals surface area contributed by atoms with Crippen molar-refractivity contribution in [2.24, 2.45) is 5.92 Å². The molecule has 0 saturated heterocycles. The highest BCUT2D eigenvalue weighted by Crippen LogP contribution is 2.15. The van der Waals surface area contributed by atoms with Gasteiger partial charge in [-0.25, -0.2) is 4.39 Å². The van der Waals surface area contributed by atoms with Crippen molar-refractivity contribution in [3.8, 4) is 0 Å². The fourth-order valence-corrected chi connectivity index (χ4v) is 2.27. The molecular weight excluding hydrogens is 213 g/mol. The molecule has 0 amide bonds. The molecule has 0 heterocycles. The van der Waals surface area contributed by atoms with E-state index in [-0.39, 0.29) is 5.82 Å². The van der Waals surface area contributed by atoms with Crippen LogP contribution in [0, 0.1) is 11.7 Å². The Balaban J connectivity index is 2.62. The summed E-state index contributed by atoms with van der Waals surface area (Å²) in [6, 6.07) is 7.35. The zero-order valence-corrected chi connectivity index (χ0v) is 11.2. The topological polar surface area (TPSA) is 12.0 Å². The van der Waals surface area contributed by atoms with Crippen LogP contribution in [0.4, 0.5) is 4.39 Å². The molecule has 0 aromatic heterocycles. The summed E-state index contributed by atoms with van der Waals surface area (Å²) in [4.78, 5) is 0. The van der Waals surface area contributed by atoms with E-state index >= 15 is 0 Å². The van der Waals surface area contributed by atoms with E-state index in [1.807, 2.05) is 12.1 Å². The van der Waals surface area contributed by atoms with Gasteiger partial charge in [0.25, 0.3) is 0 Å². The fourth-order valence-electron chi connectivity index (χ4n) is 2.27. The first-order valence-electron chi connectivity index (χ1n) is 6.65. The highest BCUT2D eigenvalue weighted by atomic mass is 19.1. The zero-order chi connectivity index (χ0) is 12.7. The molecule has 2 heteroatoms. The van der Waals surface area contributed by atoms with Gasteiger partial charge in [0.15, 0.2) is 0 Å². The molecule has 17 heavy (non-hydrogen) atoms. The lowest BCUT2D eigenvalue weighted by molar-refractivity contribution is 0.358. The highest BCUT2D eigenvalue weighted by Gasteiger charge is 2.15. The Morgan fingerprint density at radius 3 is 2.35 bits per heavy atom. The third-order valence-corrected chi connectivity index (χ3v) is 3.27. The van der Waals surface area contributed by atoms with Gasteiger partial charge in [-0.1, -0.05) is 39.3 Å². The first kappa shape index (κ1) is 14.2. The lowest BCUT2D eigenvalue weighted by Gasteiger charge is -2.24. The van der Waals surface area contributed by atoms with Gasteiger partial charge >= 0.3 is 0 Å². The molecule has 0 aliphatic rings. The maximum atomic E-state index is 12.8. The van der Waals surface area contributed by atoms with Crippen molar-refractivity contribution in [2.45, 2.75) is 46.1 Å². The quantitative estimate of drug-likeness (QED) is 0.761. The van der Waals surface area contributed by atoms with Gasteiger partial charge in [-0.2, -0.15) is 0 Å². The monoisotopic (exact) mass is 237 g/mol. The number of benzene rings is 1. The first-order valence-corrected chi connectivity index (χ1v) is 6.65. The Morgan fingerprint density at radius 2 is 1.82 bits per heavy atom. The maximum absolute atomic E-state index is 12.8. The molecule has 0 radical (unpaired) electrons. The van der Waals surface area contributed by atoms with E-state index in [1.54, 1.807) is 12.1 Å². The van der Waals surface area contributed by atoms with Crippen LogP contribution < -0.4 is 5.32 Å². The number of rotatable bonds is 7. The maximum Gasteiger partial charge on any atom is 0.123 e. The van der Waals surface area contributed by atoms with Crippen LogP contribution in [0.25, 0.3) is 0 Å². The van der Waals surface area contributed by atoms with Gasteiger partial charge in [0.1, 0.15) is 5.82 Å². The van der Waals surface area contributed by atoms with Crippen molar-refractivity contribution in [2.75, 3.05) is 6.54 Å². The van der Waals surface area contributed by atoms with Gasteiger partial charge < -0.3 is 5.32 Å². The molecule has 1 aromatic carbocycles. The predicted octanol–water partition coefficient (Wildman–Crippen LogP) is 3.78. The summed E-state index contributed by atoms with van der Waals surface area (Å²) in [6.45, 7) is 7.63. The summed E-state index contributed by atoms with van der Waals surface area (Å²) in [5, 5.41) is 3.54. The third kappa shape index (κ3) is 4.86. The van der Waals surface area contributed by atoms with Crippen LogP contribution in [0.5, 0.6) is 0 Å². The second-order valence-corrected chi connectivity index (χ2v) is 4.76. The van der Waals surface area contributed by atoms with Gasteiger partial charge in [0.05, 0.1) is 0 Å². The summed E-state index contributed by atoms with van der Waals surface area (Å²) in [7, 11) is 0. The van der Waals surface area contributed by atoms with Crippen LogP contribution >= 0.6 is 0 Å². The summed E-state index contributed by atoms with van der Waals surface area (Å²) in [6.07, 6.45) is 3.43. The van der Waals surface area contributed by atoms with E-state index in [9.17, 15) is 4.39 Å². The van der Waals surface area contributed by atoms with Gasteiger partial charge in [0.2, 0.25) is 0 Å². The smallest absolute Gasteiger partial charge is 0.123 e. The molecule has 1 N–H and O–H groups in total. The minimum Gasteiger partial charge on any atom is -0.314 e. The summed E-state index contributed by atoms with van der Waals surface area (Å²) in [5.74, 6) is 0.500. The van der Waals surface area contributed by atoms with Crippen molar-refractivity contribution in [1.29, 1.82) is 0 Å². The molecular formula is C15H24FN. The van der Waals surface area contributed by atoms with Gasteiger partial charge in [-0.3, -0.25) is 0 Å². The predicted molar refractivity (Wildman–Crippen MR) is 71.6 cm³/mol. The van der Waals surface area contributed by atoms with Crippen LogP contribution in [0.15, 0.2) is 24.3 Å². The molecule has 2 unspecified atom stereocenters. The fraction of sp³-hybridized carbons (Fsp3) is 0.600. The van der Waals surface area contributed by atoms with Gasteiger partial charge in [-0.15, -0.1) is 0 Å². The average Bonchev–Trinajstić information content (AvgIpc) is 2.31. The summed E-state index contributed by atoms with van der Waals surface area (Å²) in [5.41, 5.74) is 1.21. The molecule has 0 saturated carbocycles. The Morgan fingerprint density at radius 1 is 1.18 bits per heavy atom. The van der Waals surface area contributed by atoms with E-state index in [0.29, 0.717) is 12.0 Å². The van der Waals surface area contributed by atoms with Crippen molar-refractivity contribution >= 4 is 0 Å². The molecule has 0 aliphatic heterocycles. The molecule has 1 rings (SSSR count). The molecule has 2 atom stereocenters. The lowest BCUT2D eigenvalue weighted by Crippen LogP contribution is -2.36. The van der Waals surface area contributed by atoms with Crippen LogP contribution in [-0.4, -0.2) is 12.6 Å². The summed E-state index contributed by atoms with van der Waals surface area (Å²) >= 11 is 0. The average molecular weight is 237 g/mol. The molecule has 0 spiro atoms. The first-order chi connectivity index (χ1) is 8.17. The molecule has 96 valence electrons. The molecule has 0 bridgehead atoms. The number of halogens is 1. The SMILES string of the molecule is CCCC(C)C(Cc1ccc(F)cc1)NCC. The molecule has 0 fully saturated rings. The van der Waals surface area contributed by atoms with E-state index in [1.165, 1.54) is 18.4 Å². The van der Waals surface area contributed by atoms with Crippen LogP contribution in [0.3, 0.4) is 0 Å². The number of hydrogen-bond acceptors (Lipinski definition) is 1. The van der Waals surface area contributed by atoms with Crippen LogP contribution in [-0.2, 0) is 6.42 Å². The van der Waals surface area contributed by atoms with Crippen molar-refractivity contribution in [1.82, 2.24) is 5.32 Å².